The van der Waals surface area contributed by atoms with E-state index in [0.717, 1.165) is 16.5 Å². The predicted octanol–water partition coefficient (Wildman–Crippen LogP) is 2.17. The highest BCUT2D eigenvalue weighted by atomic mass is 32.1. The summed E-state index contributed by atoms with van der Waals surface area (Å²) in [6.45, 7) is 0.409. The first-order valence-electron chi connectivity index (χ1n) is 5.82. The topological polar surface area (TPSA) is 79.3 Å². The molecule has 0 fully saturated rings. The molecule has 102 valence electrons. The maximum Gasteiger partial charge on any atom is 0.328 e. The molecule has 20 heavy (non-hydrogen) atoms. The number of carboxylic acids is 1. The first-order chi connectivity index (χ1) is 9.65. The fourth-order valence-corrected chi connectivity index (χ4v) is 2.31. The summed E-state index contributed by atoms with van der Waals surface area (Å²) in [7, 11) is 0. The van der Waals surface area contributed by atoms with Crippen LogP contribution in [0.3, 0.4) is 0 Å². The van der Waals surface area contributed by atoms with E-state index in [1.54, 1.807) is 24.5 Å². The van der Waals surface area contributed by atoms with Crippen LogP contribution >= 0.6 is 11.3 Å². The molecular weight excluding hydrogens is 276 g/mol. The molecule has 6 heteroatoms. The van der Waals surface area contributed by atoms with Crippen molar-refractivity contribution in [3.8, 4) is 0 Å². The lowest BCUT2D eigenvalue weighted by Gasteiger charge is -2.02. The molecule has 0 radical (unpaired) electrons. The smallest absolute Gasteiger partial charge is 0.328 e. The number of amides is 1. The van der Waals surface area contributed by atoms with E-state index in [4.69, 9.17) is 5.11 Å². The Labute approximate surface area is 119 Å². The number of aromatic nitrogens is 1. The van der Waals surface area contributed by atoms with Gasteiger partial charge in [0.2, 0.25) is 0 Å². The van der Waals surface area contributed by atoms with Crippen molar-refractivity contribution in [3.63, 3.8) is 0 Å². The highest BCUT2D eigenvalue weighted by molar-refractivity contribution is 7.10. The minimum absolute atomic E-state index is 0.163. The molecule has 0 aliphatic rings. The van der Waals surface area contributed by atoms with Gasteiger partial charge in [-0.05, 0) is 35.2 Å². The molecule has 2 heterocycles. The zero-order valence-electron chi connectivity index (χ0n) is 10.4. The fourth-order valence-electron chi connectivity index (χ4n) is 1.52. The number of nitrogens with zero attached hydrogens (tertiary/aromatic N) is 1. The number of hydrogen-bond donors (Lipinski definition) is 2. The van der Waals surface area contributed by atoms with Crippen LogP contribution in [0.2, 0.25) is 0 Å². The summed E-state index contributed by atoms with van der Waals surface area (Å²) in [5.74, 6) is -1.15. The second-order valence-electron chi connectivity index (χ2n) is 3.94. The van der Waals surface area contributed by atoms with Crippen molar-refractivity contribution >= 4 is 29.3 Å². The lowest BCUT2D eigenvalue weighted by Crippen LogP contribution is -2.22. The van der Waals surface area contributed by atoms with E-state index < -0.39 is 5.97 Å². The number of thiophene rings is 1. The van der Waals surface area contributed by atoms with Crippen molar-refractivity contribution in [1.29, 1.82) is 0 Å². The Hall–Kier alpha value is -2.47. The van der Waals surface area contributed by atoms with E-state index >= 15 is 0 Å². The minimum atomic E-state index is -0.983. The van der Waals surface area contributed by atoms with Crippen LogP contribution in [0.1, 0.15) is 20.8 Å². The molecule has 1 amide bonds. The van der Waals surface area contributed by atoms with E-state index in [0.29, 0.717) is 12.1 Å². The van der Waals surface area contributed by atoms with Gasteiger partial charge in [0.15, 0.2) is 0 Å². The SMILES string of the molecule is O=C(O)C=Cc1csc(CNC(=O)c2ccncc2)c1. The largest absolute Gasteiger partial charge is 0.478 e. The van der Waals surface area contributed by atoms with Crippen LogP contribution in [0.15, 0.2) is 42.0 Å². The van der Waals surface area contributed by atoms with Gasteiger partial charge in [0.05, 0.1) is 6.54 Å². The molecule has 0 bridgehead atoms. The third-order valence-electron chi connectivity index (χ3n) is 2.46. The summed E-state index contributed by atoms with van der Waals surface area (Å²) in [5, 5.41) is 13.2. The zero-order valence-corrected chi connectivity index (χ0v) is 11.3. The van der Waals surface area contributed by atoms with Gasteiger partial charge in [0, 0.05) is 28.9 Å². The quantitative estimate of drug-likeness (QED) is 0.826. The predicted molar refractivity (Wildman–Crippen MR) is 76.4 cm³/mol. The number of pyridine rings is 1. The molecule has 0 saturated heterocycles. The summed E-state index contributed by atoms with van der Waals surface area (Å²) in [5.41, 5.74) is 1.37. The van der Waals surface area contributed by atoms with Crippen molar-refractivity contribution in [1.82, 2.24) is 10.3 Å². The van der Waals surface area contributed by atoms with E-state index in [1.807, 2.05) is 11.4 Å². The summed E-state index contributed by atoms with van der Waals surface area (Å²) in [4.78, 5) is 27.0. The van der Waals surface area contributed by atoms with Gasteiger partial charge in [-0.3, -0.25) is 9.78 Å². The molecule has 0 aliphatic carbocycles. The average Bonchev–Trinajstić information content (AvgIpc) is 2.91. The van der Waals surface area contributed by atoms with Crippen molar-refractivity contribution < 1.29 is 14.7 Å². The van der Waals surface area contributed by atoms with Crippen molar-refractivity contribution in [2.24, 2.45) is 0 Å². The van der Waals surface area contributed by atoms with E-state index in [9.17, 15) is 9.59 Å². The lowest BCUT2D eigenvalue weighted by atomic mass is 10.2. The molecule has 2 N–H and O–H groups in total. The molecule has 2 aromatic rings. The van der Waals surface area contributed by atoms with Crippen LogP contribution in [-0.4, -0.2) is 22.0 Å². The van der Waals surface area contributed by atoms with Crippen LogP contribution < -0.4 is 5.32 Å². The van der Waals surface area contributed by atoms with E-state index in [-0.39, 0.29) is 5.91 Å². The maximum atomic E-state index is 11.8. The molecule has 0 atom stereocenters. The molecule has 2 aromatic heterocycles. The third-order valence-corrected chi connectivity index (χ3v) is 3.41. The average molecular weight is 288 g/mol. The van der Waals surface area contributed by atoms with Gasteiger partial charge in [-0.15, -0.1) is 11.3 Å². The van der Waals surface area contributed by atoms with E-state index in [1.165, 1.54) is 17.4 Å². The number of carbonyl (C=O) groups excluding carboxylic acids is 1. The van der Waals surface area contributed by atoms with Crippen molar-refractivity contribution in [2.75, 3.05) is 0 Å². The molecule has 2 rings (SSSR count). The fraction of sp³-hybridized carbons (Fsp3) is 0.0714. The van der Waals surface area contributed by atoms with Crippen LogP contribution in [-0.2, 0) is 11.3 Å². The maximum absolute atomic E-state index is 11.8. The number of nitrogens with one attached hydrogen (secondary N) is 1. The van der Waals surface area contributed by atoms with Gasteiger partial charge in [0.1, 0.15) is 0 Å². The molecule has 5 nitrogen and oxygen atoms in total. The number of hydrogen-bond acceptors (Lipinski definition) is 4. The van der Waals surface area contributed by atoms with Gasteiger partial charge in [-0.1, -0.05) is 0 Å². The number of rotatable bonds is 5. The third kappa shape index (κ3) is 4.03. The molecule has 0 aromatic carbocycles. The van der Waals surface area contributed by atoms with Crippen LogP contribution in [0, 0.1) is 0 Å². The number of carbonyl (C=O) groups is 2. The Morgan fingerprint density at radius 2 is 2.10 bits per heavy atom. The van der Waals surface area contributed by atoms with Crippen molar-refractivity contribution in [2.45, 2.75) is 6.54 Å². The molecule has 0 saturated carbocycles. The first kappa shape index (κ1) is 14.0. The Morgan fingerprint density at radius 1 is 1.35 bits per heavy atom. The Balaban J connectivity index is 1.92. The summed E-state index contributed by atoms with van der Waals surface area (Å²) >= 11 is 1.47. The Morgan fingerprint density at radius 3 is 2.80 bits per heavy atom. The van der Waals surface area contributed by atoms with Crippen LogP contribution in [0.25, 0.3) is 6.08 Å². The zero-order chi connectivity index (χ0) is 14.4. The first-order valence-corrected chi connectivity index (χ1v) is 6.70. The lowest BCUT2D eigenvalue weighted by molar-refractivity contribution is -0.131. The van der Waals surface area contributed by atoms with Gasteiger partial charge < -0.3 is 10.4 Å². The van der Waals surface area contributed by atoms with Crippen LogP contribution in [0.5, 0.6) is 0 Å². The summed E-state index contributed by atoms with van der Waals surface area (Å²) in [6, 6.07) is 5.13. The molecule has 0 spiro atoms. The molecule has 0 unspecified atom stereocenters. The monoisotopic (exact) mass is 288 g/mol. The second kappa shape index (κ2) is 6.63. The second-order valence-corrected chi connectivity index (χ2v) is 4.93. The number of aliphatic carboxylic acids is 1. The van der Waals surface area contributed by atoms with Gasteiger partial charge in [0.25, 0.3) is 5.91 Å². The van der Waals surface area contributed by atoms with Gasteiger partial charge >= 0.3 is 5.97 Å². The standard InChI is InChI=1S/C14H12N2O3S/c17-13(18)2-1-10-7-12(20-9-10)8-16-14(19)11-3-5-15-6-4-11/h1-7,9H,8H2,(H,16,19)(H,17,18). The Kier molecular flexibility index (Phi) is 4.62. The normalized spacial score (nSPS) is 10.6. The highest BCUT2D eigenvalue weighted by Crippen LogP contribution is 2.16. The molecule has 0 aliphatic heterocycles. The summed E-state index contributed by atoms with van der Waals surface area (Å²) < 4.78 is 0. The van der Waals surface area contributed by atoms with Crippen molar-refractivity contribution in [3.05, 3.63) is 58.1 Å². The minimum Gasteiger partial charge on any atom is -0.478 e. The van der Waals surface area contributed by atoms with E-state index in [2.05, 4.69) is 10.3 Å². The summed E-state index contributed by atoms with van der Waals surface area (Å²) in [6.07, 6.45) is 5.73. The van der Waals surface area contributed by atoms with Gasteiger partial charge in [-0.2, -0.15) is 0 Å². The Bertz CT molecular complexity index is 635. The molecular formula is C14H12N2O3S. The number of carboxylic acid groups (broad SMARTS) is 1. The van der Waals surface area contributed by atoms with Crippen LogP contribution in [0.4, 0.5) is 0 Å². The van der Waals surface area contributed by atoms with Gasteiger partial charge in [-0.25, -0.2) is 4.79 Å². The highest BCUT2D eigenvalue weighted by Gasteiger charge is 2.05.